The maximum atomic E-state index is 13.4. The molecule has 3 amide bonds. The first-order valence-electron chi connectivity index (χ1n) is 20.7. The Morgan fingerprint density at radius 2 is 1.72 bits per heavy atom. The number of benzene rings is 1. The van der Waals surface area contributed by atoms with E-state index in [0.29, 0.717) is 49.4 Å². The monoisotopic (exact) mass is 812 g/mol. The number of nitrogens with zero attached hydrogens (tertiary/aromatic N) is 1. The summed E-state index contributed by atoms with van der Waals surface area (Å²) in [6, 6.07) is 4.65. The Morgan fingerprint density at radius 1 is 1.04 bits per heavy atom. The van der Waals surface area contributed by atoms with Crippen molar-refractivity contribution >= 4 is 33.7 Å². The summed E-state index contributed by atoms with van der Waals surface area (Å²) in [5.74, 6) is -0.510. The largest absolute Gasteiger partial charge is 0.461 e. The van der Waals surface area contributed by atoms with Crippen LogP contribution in [0.3, 0.4) is 0 Å². The lowest BCUT2D eigenvalue weighted by Gasteiger charge is -2.21. The lowest BCUT2D eigenvalue weighted by Crippen LogP contribution is -2.43. The van der Waals surface area contributed by atoms with E-state index in [1.165, 1.54) is 17.4 Å². The van der Waals surface area contributed by atoms with Crippen molar-refractivity contribution in [3.63, 3.8) is 0 Å². The molecule has 0 aromatic heterocycles. The number of sulfonamides is 1. The zero-order valence-corrected chi connectivity index (χ0v) is 35.4. The Labute approximate surface area is 339 Å². The maximum absolute atomic E-state index is 13.4. The van der Waals surface area contributed by atoms with Gasteiger partial charge < -0.3 is 20.7 Å². The maximum Gasteiger partial charge on any atom is 0.302 e. The van der Waals surface area contributed by atoms with Gasteiger partial charge in [-0.05, 0) is 80.4 Å². The van der Waals surface area contributed by atoms with Gasteiger partial charge in [-0.3, -0.25) is 23.9 Å². The molecule has 316 valence electrons. The van der Waals surface area contributed by atoms with Crippen LogP contribution in [0.4, 0.5) is 4.39 Å². The van der Waals surface area contributed by atoms with Crippen LogP contribution in [-0.2, 0) is 46.8 Å². The number of halogens is 1. The van der Waals surface area contributed by atoms with Crippen molar-refractivity contribution in [2.24, 2.45) is 23.5 Å². The number of hydrogen-bond acceptors (Lipinski definition) is 7. The number of rotatable bonds is 21. The second kappa shape index (κ2) is 23.2. The first-order valence-corrected chi connectivity index (χ1v) is 22.2. The number of nitrogens with two attached hydrogens (primary N) is 1. The molecule has 3 aliphatic rings. The van der Waals surface area contributed by atoms with Crippen molar-refractivity contribution in [1.29, 1.82) is 0 Å². The summed E-state index contributed by atoms with van der Waals surface area (Å²) in [6.45, 7) is 13.6. The number of ether oxygens (including phenoxy) is 1. The smallest absolute Gasteiger partial charge is 0.302 e. The number of carbonyl (C=O) groups is 4. The van der Waals surface area contributed by atoms with E-state index in [1.54, 1.807) is 18.2 Å². The van der Waals surface area contributed by atoms with Crippen molar-refractivity contribution < 1.29 is 36.7 Å². The fourth-order valence-electron chi connectivity index (χ4n) is 7.37. The second-order valence-electron chi connectivity index (χ2n) is 15.4. The Hall–Kier alpha value is -4.26. The molecule has 13 heteroatoms. The highest BCUT2D eigenvalue weighted by atomic mass is 32.2. The Balaban J connectivity index is 0.000000522. The summed E-state index contributed by atoms with van der Waals surface area (Å²) in [4.78, 5) is 49.9. The molecule has 1 saturated carbocycles. The Morgan fingerprint density at radius 3 is 2.33 bits per heavy atom. The number of amides is 3. The first-order chi connectivity index (χ1) is 27.1. The third-order valence-corrected chi connectivity index (χ3v) is 12.2. The molecule has 1 saturated heterocycles. The number of primary amides is 1. The molecule has 1 aromatic rings. The van der Waals surface area contributed by atoms with Gasteiger partial charge in [-0.2, -0.15) is 0 Å². The van der Waals surface area contributed by atoms with E-state index in [4.69, 9.17) is 10.5 Å². The fourth-order valence-corrected chi connectivity index (χ4v) is 8.79. The summed E-state index contributed by atoms with van der Waals surface area (Å²) < 4.78 is 47.9. The number of nitrogens with one attached hydrogen (secondary N) is 2. The Bertz CT molecular complexity index is 1770. The highest BCUT2D eigenvalue weighted by Gasteiger charge is 2.40. The molecule has 2 aliphatic carbocycles. The molecule has 0 bridgehead atoms. The van der Waals surface area contributed by atoms with Crippen LogP contribution in [0.2, 0.25) is 0 Å². The number of unbranched alkanes of at least 4 members (excludes halogenated alkanes) is 4. The summed E-state index contributed by atoms with van der Waals surface area (Å²) in [5, 5.41) is 2.80. The van der Waals surface area contributed by atoms with Gasteiger partial charge in [0.15, 0.2) is 0 Å². The predicted octanol–water partition coefficient (Wildman–Crippen LogP) is 7.42. The summed E-state index contributed by atoms with van der Waals surface area (Å²) >= 11 is 0. The average Bonchev–Trinajstić information content (AvgIpc) is 3.84. The van der Waals surface area contributed by atoms with E-state index in [-0.39, 0.29) is 60.2 Å². The fraction of sp³-hybridized carbons (Fsp3) is 0.591. The second-order valence-corrected chi connectivity index (χ2v) is 17.0. The van der Waals surface area contributed by atoms with Crippen LogP contribution in [0, 0.1) is 23.6 Å². The van der Waals surface area contributed by atoms with Crippen molar-refractivity contribution in [1.82, 2.24) is 14.9 Å². The molecule has 3 unspecified atom stereocenters. The average molecular weight is 813 g/mol. The van der Waals surface area contributed by atoms with Crippen LogP contribution < -0.4 is 15.8 Å². The van der Waals surface area contributed by atoms with Gasteiger partial charge in [0.25, 0.3) is 10.0 Å². The third-order valence-electron chi connectivity index (χ3n) is 10.8. The molecular weight excluding hydrogens is 748 g/mol. The number of esters is 1. The zero-order valence-electron chi connectivity index (χ0n) is 34.6. The van der Waals surface area contributed by atoms with E-state index in [2.05, 4.69) is 30.5 Å². The van der Waals surface area contributed by atoms with Gasteiger partial charge in [0.05, 0.1) is 12.2 Å². The van der Waals surface area contributed by atoms with Gasteiger partial charge in [0, 0.05) is 37.8 Å². The van der Waals surface area contributed by atoms with E-state index >= 15 is 0 Å². The molecule has 57 heavy (non-hydrogen) atoms. The molecule has 11 nitrogen and oxygen atoms in total. The van der Waals surface area contributed by atoms with E-state index < -0.39 is 34.0 Å². The van der Waals surface area contributed by atoms with Gasteiger partial charge in [-0.15, -0.1) is 6.58 Å². The number of hydrogen-bond donors (Lipinski definition) is 3. The van der Waals surface area contributed by atoms with Crippen LogP contribution in [0.1, 0.15) is 129 Å². The molecule has 1 heterocycles. The predicted molar refractivity (Wildman–Crippen MR) is 222 cm³/mol. The van der Waals surface area contributed by atoms with Crippen LogP contribution in [-0.4, -0.2) is 55.7 Å². The number of allylic oxidation sites excluding steroid dienone is 5. The van der Waals surface area contributed by atoms with E-state index in [1.807, 2.05) is 38.1 Å². The SMILES string of the molecule is C=C[C@@H]1CC1/C(=C\CC)NS(=O)(=O)C1=CCCC=C1NC(=O)CCCCCCCC(=O)N1C[C@H](OC(C)=O)CC1C(N)=O.CCc1c(F)cccc1CC(C)CC. The van der Waals surface area contributed by atoms with Crippen molar-refractivity contribution in [2.75, 3.05) is 6.54 Å². The van der Waals surface area contributed by atoms with Crippen molar-refractivity contribution in [3.05, 3.63) is 82.3 Å². The van der Waals surface area contributed by atoms with Crippen LogP contribution in [0.25, 0.3) is 0 Å². The highest BCUT2D eigenvalue weighted by molar-refractivity contribution is 7.93. The summed E-state index contributed by atoms with van der Waals surface area (Å²) in [7, 11) is -3.85. The lowest BCUT2D eigenvalue weighted by atomic mass is 9.94. The van der Waals surface area contributed by atoms with Gasteiger partial charge in [-0.25, -0.2) is 12.8 Å². The number of carbonyl (C=O) groups excluding carboxylic acids is 4. The highest BCUT2D eigenvalue weighted by Crippen LogP contribution is 2.44. The standard InChI is InChI=1S/C31H46N4O7S.C13H19F/c1-4-13-25(24-18-22(24)5-2)34-43(40,41)28-15-12-11-14-26(28)33-29(37)16-9-7-6-8-10-17-30(38)35-20-23(42-21(3)36)19-27(35)31(32)39;1-4-10(3)9-11-7-6-8-13(14)12(11)5-2/h5,13-15,22-24,27,34H,2,4,6-12,16-20H2,1,3H3,(H2,32,39)(H,33,37);6-8,10H,4-5,9H2,1-3H3/b25-13+;/t22-,23-,24?,27?;/m1./s1. The normalized spacial score (nSPS) is 20.9. The third kappa shape index (κ3) is 14.9. The molecular formula is C44H65FN4O7S. The Kier molecular flexibility index (Phi) is 19.2. The van der Waals surface area contributed by atoms with Gasteiger partial charge >= 0.3 is 5.97 Å². The topological polar surface area (TPSA) is 165 Å². The number of likely N-dealkylation sites (tertiary alicyclic amines) is 1. The van der Waals surface area contributed by atoms with E-state index in [9.17, 15) is 32.0 Å². The molecule has 4 rings (SSSR count). The minimum Gasteiger partial charge on any atom is -0.461 e. The lowest BCUT2D eigenvalue weighted by molar-refractivity contribution is -0.146. The van der Waals surface area contributed by atoms with Gasteiger partial charge in [-0.1, -0.05) is 89.8 Å². The molecule has 0 spiro atoms. The van der Waals surface area contributed by atoms with E-state index in [0.717, 1.165) is 50.5 Å². The minimum atomic E-state index is -3.85. The van der Waals surface area contributed by atoms with Crippen molar-refractivity contribution in [3.8, 4) is 0 Å². The van der Waals surface area contributed by atoms with Crippen LogP contribution in [0.5, 0.6) is 0 Å². The van der Waals surface area contributed by atoms with Gasteiger partial charge in [0.2, 0.25) is 17.7 Å². The minimum absolute atomic E-state index is 0.0479. The molecule has 5 atom stereocenters. The van der Waals surface area contributed by atoms with Crippen molar-refractivity contribution in [2.45, 2.75) is 143 Å². The molecule has 2 fully saturated rings. The zero-order chi connectivity index (χ0) is 42.1. The quantitative estimate of drug-likeness (QED) is 0.0660. The van der Waals surface area contributed by atoms with Crippen LogP contribution >= 0.6 is 0 Å². The summed E-state index contributed by atoms with van der Waals surface area (Å²) in [5.41, 5.74) is 8.53. The molecule has 1 aromatic carbocycles. The van der Waals surface area contributed by atoms with Gasteiger partial charge in [0.1, 0.15) is 22.9 Å². The molecule has 1 aliphatic heterocycles. The molecule has 0 radical (unpaired) electrons. The summed E-state index contributed by atoms with van der Waals surface area (Å²) in [6.07, 6.45) is 16.8. The van der Waals surface area contributed by atoms with Crippen LogP contribution in [0.15, 0.2) is 65.4 Å². The molecule has 4 N–H and O–H groups in total. The first kappa shape index (κ1) is 47.1.